The van der Waals surface area contributed by atoms with Gasteiger partial charge in [-0.1, -0.05) is 0 Å². The van der Waals surface area contributed by atoms with Crippen LogP contribution >= 0.6 is 0 Å². The molecule has 5 nitrogen and oxygen atoms in total. The fraction of sp³-hybridized carbons (Fsp3) is 0.667. The van der Waals surface area contributed by atoms with E-state index < -0.39 is 18.0 Å². The van der Waals surface area contributed by atoms with E-state index in [0.717, 1.165) is 0 Å². The molecule has 0 aliphatic rings. The van der Waals surface area contributed by atoms with Crippen LogP contribution in [0.2, 0.25) is 0 Å². The molecule has 1 unspecified atom stereocenters. The molecule has 0 heterocycles. The van der Waals surface area contributed by atoms with E-state index >= 15 is 0 Å². The highest BCUT2D eigenvalue weighted by molar-refractivity contribution is 5.69. The number of carbonyl (C=O) groups is 2. The molecule has 0 spiro atoms. The summed E-state index contributed by atoms with van der Waals surface area (Å²) in [5.74, 6) is -2.83. The fourth-order valence-electron chi connectivity index (χ4n) is 0.558. The summed E-state index contributed by atoms with van der Waals surface area (Å²) in [6.07, 6.45) is -1.85. The predicted molar refractivity (Wildman–Crippen MR) is 29.9 cm³/mol. The van der Waals surface area contributed by atoms with E-state index in [-0.39, 0.29) is 19.3 Å². The summed E-state index contributed by atoms with van der Waals surface area (Å²) in [6.45, 7) is 0. The third-order valence-electron chi connectivity index (χ3n) is 1.13. The van der Waals surface area contributed by atoms with Gasteiger partial charge in [-0.05, 0) is 19.3 Å². The molecule has 0 fully saturated rings. The Morgan fingerprint density at radius 3 is 2.27 bits per heavy atom. The van der Waals surface area contributed by atoms with Gasteiger partial charge in [-0.2, -0.15) is 0 Å². The van der Waals surface area contributed by atoms with Crippen molar-refractivity contribution in [1.29, 1.82) is 0 Å². The highest BCUT2D eigenvalue weighted by Crippen LogP contribution is 1.98. The molecule has 0 saturated carbocycles. The number of aliphatic hydroxyl groups is 1. The van der Waals surface area contributed by atoms with E-state index in [1.54, 1.807) is 0 Å². The highest BCUT2D eigenvalue weighted by Gasteiger charge is 2.03. The lowest BCUT2D eigenvalue weighted by molar-refractivity contribution is -0.316. The second kappa shape index (κ2) is 4.68. The van der Waals surface area contributed by atoms with Crippen LogP contribution in [0.25, 0.3) is 0 Å². The average Bonchev–Trinajstić information content (AvgIpc) is 1.86. The molecule has 0 radical (unpaired) electrons. The topological polar surface area (TPSA) is 100 Å². The number of carboxylic acid groups (broad SMARTS) is 2. The van der Waals surface area contributed by atoms with E-state index in [1.165, 1.54) is 0 Å². The van der Waals surface area contributed by atoms with Crippen LogP contribution in [0.3, 0.4) is 0 Å². The molecule has 0 aliphatic heterocycles. The van der Waals surface area contributed by atoms with Crippen molar-refractivity contribution in [2.75, 3.05) is 0 Å². The normalized spacial score (nSPS) is 12.5. The summed E-state index contributed by atoms with van der Waals surface area (Å²) < 4.78 is 0. The Morgan fingerprint density at radius 2 is 1.91 bits per heavy atom. The van der Waals surface area contributed by atoms with Gasteiger partial charge in [0.15, 0.2) is 0 Å². The molecular formula is C6H8O5-2. The van der Waals surface area contributed by atoms with Crippen LogP contribution in [0.1, 0.15) is 19.3 Å². The molecule has 64 valence electrons. The first-order valence-electron chi connectivity index (χ1n) is 3.13. The minimum atomic E-state index is -1.58. The Bertz CT molecular complexity index is 153. The second-order valence-electron chi connectivity index (χ2n) is 2.10. The highest BCUT2D eigenvalue weighted by atomic mass is 16.4. The molecule has 0 aromatic heterocycles. The lowest BCUT2D eigenvalue weighted by atomic mass is 10.1. The van der Waals surface area contributed by atoms with Crippen molar-refractivity contribution in [3.05, 3.63) is 0 Å². The lowest BCUT2D eigenvalue weighted by Gasteiger charge is -2.10. The summed E-state index contributed by atoms with van der Waals surface area (Å²) in [5.41, 5.74) is 0. The van der Waals surface area contributed by atoms with Gasteiger partial charge in [-0.15, -0.1) is 0 Å². The van der Waals surface area contributed by atoms with Crippen molar-refractivity contribution in [2.45, 2.75) is 25.4 Å². The lowest BCUT2D eigenvalue weighted by Crippen LogP contribution is -2.35. The first-order chi connectivity index (χ1) is 5.04. The van der Waals surface area contributed by atoms with Crippen molar-refractivity contribution >= 4 is 11.9 Å². The standard InChI is InChI=1S/C6H10O5/c7-4(6(10)11)2-1-3-5(8)9/h4,7H,1-3H2,(H,8,9)(H,10,11)/p-2. The summed E-state index contributed by atoms with van der Waals surface area (Å²) in [5, 5.41) is 28.2. The van der Waals surface area contributed by atoms with Crippen LogP contribution in [0.5, 0.6) is 0 Å². The Morgan fingerprint density at radius 1 is 1.36 bits per heavy atom. The number of aliphatic carboxylic acids is 2. The van der Waals surface area contributed by atoms with Gasteiger partial charge in [0.05, 0.1) is 12.1 Å². The molecule has 5 heteroatoms. The largest absolute Gasteiger partial charge is 0.550 e. The van der Waals surface area contributed by atoms with Gasteiger partial charge in [0.2, 0.25) is 0 Å². The van der Waals surface area contributed by atoms with E-state index in [0.29, 0.717) is 0 Å². The van der Waals surface area contributed by atoms with Gasteiger partial charge >= 0.3 is 0 Å². The maximum Gasteiger partial charge on any atom is 0.0933 e. The van der Waals surface area contributed by atoms with Gasteiger partial charge in [0.25, 0.3) is 0 Å². The minimum absolute atomic E-state index is 0.0808. The van der Waals surface area contributed by atoms with Crippen molar-refractivity contribution in [3.8, 4) is 0 Å². The molecule has 0 saturated heterocycles. The van der Waals surface area contributed by atoms with E-state index in [4.69, 9.17) is 5.11 Å². The molecule has 0 aliphatic carbocycles. The number of hydrogen-bond acceptors (Lipinski definition) is 5. The van der Waals surface area contributed by atoms with Gasteiger partial charge in [-0.25, -0.2) is 0 Å². The number of hydrogen-bond donors (Lipinski definition) is 1. The molecular weight excluding hydrogens is 152 g/mol. The maximum atomic E-state index is 9.85. The van der Waals surface area contributed by atoms with Crippen LogP contribution in [0.4, 0.5) is 0 Å². The monoisotopic (exact) mass is 160 g/mol. The molecule has 0 aromatic rings. The van der Waals surface area contributed by atoms with Crippen LogP contribution in [-0.4, -0.2) is 23.1 Å². The molecule has 1 atom stereocenters. The van der Waals surface area contributed by atoms with Crippen LogP contribution < -0.4 is 10.2 Å². The van der Waals surface area contributed by atoms with Crippen LogP contribution in [-0.2, 0) is 9.59 Å². The quantitative estimate of drug-likeness (QED) is 0.462. The Kier molecular flexibility index (Phi) is 4.21. The molecule has 0 amide bonds. The summed E-state index contributed by atoms with van der Waals surface area (Å²) in [7, 11) is 0. The van der Waals surface area contributed by atoms with Gasteiger partial charge < -0.3 is 24.9 Å². The summed E-state index contributed by atoms with van der Waals surface area (Å²) in [6, 6.07) is 0. The van der Waals surface area contributed by atoms with Crippen molar-refractivity contribution in [2.24, 2.45) is 0 Å². The smallest absolute Gasteiger partial charge is 0.0933 e. The molecule has 1 N–H and O–H groups in total. The van der Waals surface area contributed by atoms with Crippen molar-refractivity contribution in [1.82, 2.24) is 0 Å². The van der Waals surface area contributed by atoms with E-state index in [1.807, 2.05) is 0 Å². The van der Waals surface area contributed by atoms with E-state index in [2.05, 4.69) is 0 Å². The minimum Gasteiger partial charge on any atom is -0.550 e. The summed E-state index contributed by atoms with van der Waals surface area (Å²) in [4.78, 5) is 19.6. The van der Waals surface area contributed by atoms with Crippen molar-refractivity contribution in [3.63, 3.8) is 0 Å². The van der Waals surface area contributed by atoms with Crippen LogP contribution in [0, 0.1) is 0 Å². The number of carbonyl (C=O) groups excluding carboxylic acids is 2. The Labute approximate surface area is 63.3 Å². The number of aliphatic hydroxyl groups excluding tert-OH is 1. The SMILES string of the molecule is O=C([O-])CCCC(O)C(=O)[O-]. The first kappa shape index (κ1) is 9.90. The Balaban J connectivity index is 3.39. The predicted octanol–water partition coefficient (Wildman–Crippen LogP) is -2.98. The average molecular weight is 160 g/mol. The fourth-order valence-corrected chi connectivity index (χ4v) is 0.558. The second-order valence-corrected chi connectivity index (χ2v) is 2.10. The molecule has 0 bridgehead atoms. The molecule has 0 rings (SSSR count). The zero-order valence-electron chi connectivity index (χ0n) is 5.78. The van der Waals surface area contributed by atoms with E-state index in [9.17, 15) is 19.8 Å². The van der Waals surface area contributed by atoms with Crippen molar-refractivity contribution < 1.29 is 24.9 Å². The van der Waals surface area contributed by atoms with Gasteiger partial charge in [0, 0.05) is 5.97 Å². The molecule has 11 heavy (non-hydrogen) atoms. The van der Waals surface area contributed by atoms with Gasteiger partial charge in [0.1, 0.15) is 0 Å². The zero-order valence-corrected chi connectivity index (χ0v) is 5.78. The summed E-state index contributed by atoms with van der Waals surface area (Å²) >= 11 is 0. The van der Waals surface area contributed by atoms with Crippen LogP contribution in [0.15, 0.2) is 0 Å². The first-order valence-corrected chi connectivity index (χ1v) is 3.13. The molecule has 0 aromatic carbocycles. The Hall–Kier alpha value is -1.10. The van der Waals surface area contributed by atoms with Gasteiger partial charge in [-0.3, -0.25) is 0 Å². The number of carboxylic acids is 2. The zero-order chi connectivity index (χ0) is 8.85. The third-order valence-corrected chi connectivity index (χ3v) is 1.13. The maximum absolute atomic E-state index is 9.85. The third kappa shape index (κ3) is 5.35. The number of rotatable bonds is 5.